The fourth-order valence-corrected chi connectivity index (χ4v) is 3.41. The van der Waals surface area contributed by atoms with Crippen molar-refractivity contribution in [3.05, 3.63) is 84.2 Å². The number of nitrogens with zero attached hydrogens (tertiary/aromatic N) is 1. The number of amides is 1. The summed E-state index contributed by atoms with van der Waals surface area (Å²) in [4.78, 5) is 17.4. The normalized spacial score (nSPS) is 10.7. The average molecular weight is 393 g/mol. The molecule has 2 aromatic carbocycles. The molecule has 0 saturated heterocycles. The van der Waals surface area contributed by atoms with Gasteiger partial charge in [0.2, 0.25) is 0 Å². The van der Waals surface area contributed by atoms with E-state index in [9.17, 15) is 4.79 Å². The number of ether oxygens (including phenoxy) is 1. The molecule has 28 heavy (non-hydrogen) atoms. The van der Waals surface area contributed by atoms with Gasteiger partial charge in [0.15, 0.2) is 6.61 Å². The molecule has 0 radical (unpaired) electrons. The van der Waals surface area contributed by atoms with Crippen LogP contribution in [0.2, 0.25) is 0 Å². The van der Waals surface area contributed by atoms with Gasteiger partial charge >= 0.3 is 0 Å². The Kier molecular flexibility index (Phi) is 7.09. The zero-order chi connectivity index (χ0) is 19.8. The van der Waals surface area contributed by atoms with Crippen molar-refractivity contribution >= 4 is 23.4 Å². The molecule has 1 N–H and O–H groups in total. The summed E-state index contributed by atoms with van der Waals surface area (Å²) in [6.07, 6.45) is 3.65. The highest BCUT2D eigenvalue weighted by molar-refractivity contribution is 7.98. The van der Waals surface area contributed by atoms with Gasteiger partial charge in [-0.05, 0) is 59.5 Å². The van der Waals surface area contributed by atoms with E-state index in [0.29, 0.717) is 11.7 Å². The van der Waals surface area contributed by atoms with Crippen molar-refractivity contribution < 1.29 is 9.53 Å². The molecular formula is C23H24N2O2S. The summed E-state index contributed by atoms with van der Waals surface area (Å²) < 4.78 is 5.56. The van der Waals surface area contributed by atoms with Gasteiger partial charge in [-0.3, -0.25) is 9.78 Å². The first-order valence-corrected chi connectivity index (χ1v) is 10.2. The van der Waals surface area contributed by atoms with E-state index in [1.54, 1.807) is 18.0 Å². The molecule has 5 heteroatoms. The number of pyridine rings is 1. The van der Waals surface area contributed by atoms with Crippen LogP contribution in [-0.2, 0) is 10.5 Å². The summed E-state index contributed by atoms with van der Waals surface area (Å²) in [7, 11) is 0. The minimum absolute atomic E-state index is 0.0153. The van der Waals surface area contributed by atoms with Crippen molar-refractivity contribution in [2.75, 3.05) is 11.9 Å². The van der Waals surface area contributed by atoms with Crippen molar-refractivity contribution in [1.82, 2.24) is 4.98 Å². The Bertz CT molecular complexity index is 879. The molecule has 1 aromatic heterocycles. The predicted octanol–water partition coefficient (Wildman–Crippen LogP) is 5.51. The first kappa shape index (κ1) is 20.0. The van der Waals surface area contributed by atoms with Gasteiger partial charge in [0.1, 0.15) is 5.75 Å². The van der Waals surface area contributed by atoms with Crippen molar-refractivity contribution in [3.63, 3.8) is 0 Å². The lowest BCUT2D eigenvalue weighted by molar-refractivity contribution is -0.118. The summed E-state index contributed by atoms with van der Waals surface area (Å²) in [6, 6.07) is 19.7. The number of thioether (sulfide) groups is 1. The molecular weight excluding hydrogens is 368 g/mol. The van der Waals surface area contributed by atoms with Gasteiger partial charge in [-0.25, -0.2) is 0 Å². The quantitative estimate of drug-likeness (QED) is 0.513. The van der Waals surface area contributed by atoms with E-state index in [-0.39, 0.29) is 12.5 Å². The van der Waals surface area contributed by atoms with Crippen molar-refractivity contribution in [1.29, 1.82) is 0 Å². The van der Waals surface area contributed by atoms with Crippen molar-refractivity contribution in [2.45, 2.75) is 30.4 Å². The third kappa shape index (κ3) is 6.13. The average Bonchev–Trinajstić information content (AvgIpc) is 2.73. The summed E-state index contributed by atoms with van der Waals surface area (Å²) in [6.45, 7) is 4.27. The van der Waals surface area contributed by atoms with Crippen LogP contribution in [-0.4, -0.2) is 17.5 Å². The molecule has 0 atom stereocenters. The third-order valence-electron chi connectivity index (χ3n) is 4.18. The zero-order valence-electron chi connectivity index (χ0n) is 16.1. The van der Waals surface area contributed by atoms with E-state index in [0.717, 1.165) is 16.3 Å². The lowest BCUT2D eigenvalue weighted by atomic mass is 10.0. The van der Waals surface area contributed by atoms with Crippen LogP contribution in [0, 0.1) is 0 Å². The van der Waals surface area contributed by atoms with Gasteiger partial charge in [0.05, 0.1) is 0 Å². The Labute approximate surface area is 170 Å². The van der Waals surface area contributed by atoms with Crippen LogP contribution in [0.3, 0.4) is 0 Å². The van der Waals surface area contributed by atoms with Crippen molar-refractivity contribution in [2.24, 2.45) is 0 Å². The number of anilines is 1. The van der Waals surface area contributed by atoms with E-state index in [4.69, 9.17) is 4.74 Å². The number of carbonyl (C=O) groups is 1. The molecule has 0 aliphatic rings. The standard InChI is InChI=1S/C23H24N2O2S/c1-17(2)19-5-9-21(10-6-19)27-15-23(26)25-20-7-11-22(12-8-20)28-16-18-4-3-13-24-14-18/h3-14,17H,15-16H2,1-2H3,(H,25,26). The highest BCUT2D eigenvalue weighted by atomic mass is 32.2. The molecule has 3 aromatic rings. The van der Waals surface area contributed by atoms with Gasteiger partial charge < -0.3 is 10.1 Å². The second-order valence-corrected chi connectivity index (χ2v) is 7.78. The summed E-state index contributed by atoms with van der Waals surface area (Å²) in [5, 5.41) is 2.86. The van der Waals surface area contributed by atoms with E-state index >= 15 is 0 Å². The van der Waals surface area contributed by atoms with Gasteiger partial charge in [-0.2, -0.15) is 0 Å². The minimum Gasteiger partial charge on any atom is -0.484 e. The lowest BCUT2D eigenvalue weighted by Gasteiger charge is -2.10. The molecule has 0 saturated carbocycles. The smallest absolute Gasteiger partial charge is 0.262 e. The molecule has 0 aliphatic carbocycles. The van der Waals surface area contributed by atoms with Gasteiger partial charge in [0.25, 0.3) is 5.91 Å². The Morgan fingerprint density at radius 3 is 2.46 bits per heavy atom. The van der Waals surface area contributed by atoms with Crippen LogP contribution in [0.4, 0.5) is 5.69 Å². The number of rotatable bonds is 8. The van der Waals surface area contributed by atoms with Crippen LogP contribution >= 0.6 is 11.8 Å². The largest absolute Gasteiger partial charge is 0.484 e. The van der Waals surface area contributed by atoms with E-state index in [1.807, 2.05) is 60.8 Å². The molecule has 1 heterocycles. The fraction of sp³-hybridized carbons (Fsp3) is 0.217. The highest BCUT2D eigenvalue weighted by Crippen LogP contribution is 2.24. The van der Waals surface area contributed by atoms with Gasteiger partial charge in [-0.1, -0.05) is 32.0 Å². The molecule has 3 rings (SSSR count). The molecule has 0 aliphatic heterocycles. The maximum atomic E-state index is 12.1. The Balaban J connectivity index is 1.45. The summed E-state index contributed by atoms with van der Waals surface area (Å²) in [5.74, 6) is 1.86. The van der Waals surface area contributed by atoms with Crippen LogP contribution in [0.5, 0.6) is 5.75 Å². The number of hydrogen-bond acceptors (Lipinski definition) is 4. The fourth-order valence-electron chi connectivity index (χ4n) is 2.58. The molecule has 0 unspecified atom stereocenters. The maximum Gasteiger partial charge on any atom is 0.262 e. The Hall–Kier alpha value is -2.79. The van der Waals surface area contributed by atoms with Crippen LogP contribution < -0.4 is 10.1 Å². The maximum absolute atomic E-state index is 12.1. The number of benzene rings is 2. The lowest BCUT2D eigenvalue weighted by Crippen LogP contribution is -2.20. The number of nitrogens with one attached hydrogen (secondary N) is 1. The van der Waals surface area contributed by atoms with Crippen LogP contribution in [0.15, 0.2) is 78.0 Å². The first-order chi connectivity index (χ1) is 13.6. The monoisotopic (exact) mass is 392 g/mol. The number of aromatic nitrogens is 1. The van der Waals surface area contributed by atoms with E-state index < -0.39 is 0 Å². The minimum atomic E-state index is -0.177. The van der Waals surface area contributed by atoms with Crippen LogP contribution in [0.25, 0.3) is 0 Å². The molecule has 0 fully saturated rings. The third-order valence-corrected chi connectivity index (χ3v) is 5.27. The Morgan fingerprint density at radius 2 is 1.82 bits per heavy atom. The molecule has 0 bridgehead atoms. The first-order valence-electron chi connectivity index (χ1n) is 9.24. The summed E-state index contributed by atoms with van der Waals surface area (Å²) >= 11 is 1.73. The number of hydrogen-bond donors (Lipinski definition) is 1. The zero-order valence-corrected chi connectivity index (χ0v) is 16.9. The highest BCUT2D eigenvalue weighted by Gasteiger charge is 2.05. The van der Waals surface area contributed by atoms with Crippen molar-refractivity contribution in [3.8, 4) is 5.75 Å². The molecule has 1 amide bonds. The van der Waals surface area contributed by atoms with E-state index in [1.165, 1.54) is 11.1 Å². The van der Waals surface area contributed by atoms with Gasteiger partial charge in [0, 0.05) is 28.7 Å². The van der Waals surface area contributed by atoms with Crippen LogP contribution in [0.1, 0.15) is 30.9 Å². The topological polar surface area (TPSA) is 51.2 Å². The second-order valence-electron chi connectivity index (χ2n) is 6.73. The summed E-state index contributed by atoms with van der Waals surface area (Å²) in [5.41, 5.74) is 3.19. The van der Waals surface area contributed by atoms with E-state index in [2.05, 4.69) is 30.2 Å². The van der Waals surface area contributed by atoms with Gasteiger partial charge in [-0.15, -0.1) is 11.8 Å². The Morgan fingerprint density at radius 1 is 1.07 bits per heavy atom. The number of carbonyl (C=O) groups excluding carboxylic acids is 1. The SMILES string of the molecule is CC(C)c1ccc(OCC(=O)Nc2ccc(SCc3cccnc3)cc2)cc1. The molecule has 144 valence electrons. The second kappa shape index (κ2) is 9.95. The molecule has 4 nitrogen and oxygen atoms in total. The predicted molar refractivity (Wildman–Crippen MR) is 115 cm³/mol. The molecule has 0 spiro atoms.